The lowest BCUT2D eigenvalue weighted by atomic mass is 9.87. The molecule has 3 rings (SSSR count). The maximum atomic E-state index is 12.3. The summed E-state index contributed by atoms with van der Waals surface area (Å²) in [5.74, 6) is 0. The molecule has 6 heteroatoms. The maximum Gasteiger partial charge on any atom is 0.319 e. The van der Waals surface area contributed by atoms with Crippen molar-refractivity contribution in [2.24, 2.45) is 7.05 Å². The summed E-state index contributed by atoms with van der Waals surface area (Å²) < 4.78 is 1.73. The quantitative estimate of drug-likeness (QED) is 0.733. The Kier molecular flexibility index (Phi) is 5.26. The minimum Gasteiger partial charge on any atom is -0.334 e. The van der Waals surface area contributed by atoms with Crippen molar-refractivity contribution >= 4 is 11.7 Å². The van der Waals surface area contributed by atoms with Gasteiger partial charge in [0.2, 0.25) is 0 Å². The SMILES string of the molecule is Cn1cc(-c2ncccc2CNC(=O)Nc2ccc(C(C)(C)C)cc2)cn1. The Balaban J connectivity index is 1.63. The molecular formula is C21H25N5O. The van der Waals surface area contributed by atoms with Crippen LogP contribution in [0, 0.1) is 0 Å². The van der Waals surface area contributed by atoms with Crippen LogP contribution in [0.2, 0.25) is 0 Å². The number of amides is 2. The van der Waals surface area contributed by atoms with Gasteiger partial charge in [0, 0.05) is 37.2 Å². The first-order valence-electron chi connectivity index (χ1n) is 8.91. The third-order valence-corrected chi connectivity index (χ3v) is 4.32. The summed E-state index contributed by atoms with van der Waals surface area (Å²) in [6.45, 7) is 6.87. The molecule has 27 heavy (non-hydrogen) atoms. The zero-order valence-electron chi connectivity index (χ0n) is 16.2. The normalized spacial score (nSPS) is 11.3. The molecule has 2 heterocycles. The number of hydrogen-bond acceptors (Lipinski definition) is 3. The fourth-order valence-corrected chi connectivity index (χ4v) is 2.79. The van der Waals surface area contributed by atoms with E-state index >= 15 is 0 Å². The standard InChI is InChI=1S/C21H25N5O/c1-21(2,3)17-7-9-18(10-8-17)25-20(27)23-12-15-6-5-11-22-19(15)16-13-24-26(4)14-16/h5-11,13-14H,12H2,1-4H3,(H2,23,25,27). The van der Waals surface area contributed by atoms with Gasteiger partial charge in [-0.2, -0.15) is 5.10 Å². The summed E-state index contributed by atoms with van der Waals surface area (Å²) in [6, 6.07) is 11.5. The number of aromatic nitrogens is 3. The van der Waals surface area contributed by atoms with Gasteiger partial charge in [0.05, 0.1) is 11.9 Å². The zero-order valence-corrected chi connectivity index (χ0v) is 16.2. The van der Waals surface area contributed by atoms with Crippen LogP contribution in [0.4, 0.5) is 10.5 Å². The number of urea groups is 1. The number of aryl methyl sites for hydroxylation is 1. The summed E-state index contributed by atoms with van der Waals surface area (Å²) in [7, 11) is 1.86. The van der Waals surface area contributed by atoms with Gasteiger partial charge in [0.1, 0.15) is 0 Å². The van der Waals surface area contributed by atoms with Crippen LogP contribution in [0.3, 0.4) is 0 Å². The predicted molar refractivity (Wildman–Crippen MR) is 107 cm³/mol. The number of carbonyl (C=O) groups excluding carboxylic acids is 1. The van der Waals surface area contributed by atoms with Gasteiger partial charge in [-0.05, 0) is 34.7 Å². The minimum absolute atomic E-state index is 0.0871. The molecule has 6 nitrogen and oxygen atoms in total. The Hall–Kier alpha value is -3.15. The predicted octanol–water partition coefficient (Wildman–Crippen LogP) is 4.10. The van der Waals surface area contributed by atoms with Crippen molar-refractivity contribution in [3.05, 3.63) is 66.1 Å². The van der Waals surface area contributed by atoms with Crippen molar-refractivity contribution < 1.29 is 4.79 Å². The number of anilines is 1. The summed E-state index contributed by atoms with van der Waals surface area (Å²) >= 11 is 0. The number of nitrogens with zero attached hydrogens (tertiary/aromatic N) is 3. The number of pyridine rings is 1. The van der Waals surface area contributed by atoms with Crippen molar-refractivity contribution in [2.75, 3.05) is 5.32 Å². The van der Waals surface area contributed by atoms with Gasteiger partial charge in [-0.25, -0.2) is 4.79 Å². The molecule has 0 atom stereocenters. The molecule has 0 aliphatic heterocycles. The van der Waals surface area contributed by atoms with E-state index in [1.165, 1.54) is 5.56 Å². The fourth-order valence-electron chi connectivity index (χ4n) is 2.79. The first kappa shape index (κ1) is 18.6. The monoisotopic (exact) mass is 363 g/mol. The van der Waals surface area contributed by atoms with Crippen LogP contribution in [0.1, 0.15) is 31.9 Å². The van der Waals surface area contributed by atoms with E-state index in [4.69, 9.17) is 0 Å². The van der Waals surface area contributed by atoms with E-state index in [0.29, 0.717) is 6.54 Å². The highest BCUT2D eigenvalue weighted by atomic mass is 16.2. The highest BCUT2D eigenvalue weighted by Gasteiger charge is 2.13. The Morgan fingerprint density at radius 3 is 2.52 bits per heavy atom. The van der Waals surface area contributed by atoms with Gasteiger partial charge in [-0.15, -0.1) is 0 Å². The highest BCUT2D eigenvalue weighted by Crippen LogP contribution is 2.23. The van der Waals surface area contributed by atoms with Crippen LogP contribution in [0.25, 0.3) is 11.3 Å². The molecule has 0 aliphatic rings. The second-order valence-electron chi connectivity index (χ2n) is 7.55. The molecule has 140 valence electrons. The average molecular weight is 363 g/mol. The summed E-state index contributed by atoms with van der Waals surface area (Å²) in [5.41, 5.74) is 4.76. The molecule has 0 unspecified atom stereocenters. The van der Waals surface area contributed by atoms with Gasteiger partial charge in [0.25, 0.3) is 0 Å². The van der Waals surface area contributed by atoms with E-state index in [-0.39, 0.29) is 11.4 Å². The van der Waals surface area contributed by atoms with Gasteiger partial charge in [0.15, 0.2) is 0 Å². The molecule has 0 aliphatic carbocycles. The third-order valence-electron chi connectivity index (χ3n) is 4.32. The maximum absolute atomic E-state index is 12.3. The fraction of sp³-hybridized carbons (Fsp3) is 0.286. The topological polar surface area (TPSA) is 71.8 Å². The molecule has 2 aromatic heterocycles. The van der Waals surface area contributed by atoms with Crippen LogP contribution in [0.5, 0.6) is 0 Å². The van der Waals surface area contributed by atoms with Gasteiger partial charge >= 0.3 is 6.03 Å². The van der Waals surface area contributed by atoms with E-state index in [1.807, 2.05) is 49.6 Å². The van der Waals surface area contributed by atoms with Crippen molar-refractivity contribution in [3.63, 3.8) is 0 Å². The Bertz CT molecular complexity index is 922. The number of carbonyl (C=O) groups is 1. The summed E-state index contributed by atoms with van der Waals surface area (Å²) in [4.78, 5) is 16.7. The van der Waals surface area contributed by atoms with E-state index < -0.39 is 0 Å². The molecule has 1 aromatic carbocycles. The Morgan fingerprint density at radius 1 is 1.15 bits per heavy atom. The van der Waals surface area contributed by atoms with E-state index in [0.717, 1.165) is 22.5 Å². The van der Waals surface area contributed by atoms with Crippen LogP contribution < -0.4 is 10.6 Å². The molecule has 2 N–H and O–H groups in total. The lowest BCUT2D eigenvalue weighted by Crippen LogP contribution is -2.28. The minimum atomic E-state index is -0.250. The number of rotatable bonds is 4. The van der Waals surface area contributed by atoms with Crippen molar-refractivity contribution in [3.8, 4) is 11.3 Å². The second-order valence-corrected chi connectivity index (χ2v) is 7.55. The number of benzene rings is 1. The third kappa shape index (κ3) is 4.73. The van der Waals surface area contributed by atoms with Crippen molar-refractivity contribution in [1.82, 2.24) is 20.1 Å². The lowest BCUT2D eigenvalue weighted by molar-refractivity contribution is 0.252. The number of hydrogen-bond donors (Lipinski definition) is 2. The zero-order chi connectivity index (χ0) is 19.4. The van der Waals surface area contributed by atoms with Crippen molar-refractivity contribution in [1.29, 1.82) is 0 Å². The van der Waals surface area contributed by atoms with Gasteiger partial charge in [-0.1, -0.05) is 39.0 Å². The number of nitrogens with one attached hydrogen (secondary N) is 2. The molecule has 0 saturated carbocycles. The van der Waals surface area contributed by atoms with Gasteiger partial charge < -0.3 is 10.6 Å². The first-order chi connectivity index (χ1) is 12.8. The van der Waals surface area contributed by atoms with E-state index in [9.17, 15) is 4.79 Å². The molecule has 0 bridgehead atoms. The smallest absolute Gasteiger partial charge is 0.319 e. The molecular weight excluding hydrogens is 338 g/mol. The first-order valence-corrected chi connectivity index (χ1v) is 8.91. The van der Waals surface area contributed by atoms with Gasteiger partial charge in [-0.3, -0.25) is 9.67 Å². The average Bonchev–Trinajstić information content (AvgIpc) is 3.06. The summed E-state index contributed by atoms with van der Waals surface area (Å²) in [6.07, 6.45) is 5.41. The van der Waals surface area contributed by atoms with E-state index in [2.05, 4.69) is 41.5 Å². The Morgan fingerprint density at radius 2 is 1.89 bits per heavy atom. The molecule has 2 amide bonds. The van der Waals surface area contributed by atoms with Crippen LogP contribution in [-0.2, 0) is 19.0 Å². The largest absolute Gasteiger partial charge is 0.334 e. The highest BCUT2D eigenvalue weighted by molar-refractivity contribution is 5.89. The van der Waals surface area contributed by atoms with Crippen LogP contribution in [-0.4, -0.2) is 20.8 Å². The molecule has 3 aromatic rings. The summed E-state index contributed by atoms with van der Waals surface area (Å²) in [5, 5.41) is 9.95. The lowest BCUT2D eigenvalue weighted by Gasteiger charge is -2.19. The molecule has 0 spiro atoms. The second kappa shape index (κ2) is 7.61. The molecule has 0 saturated heterocycles. The van der Waals surface area contributed by atoms with Crippen LogP contribution >= 0.6 is 0 Å². The Labute approximate surface area is 159 Å². The molecule has 0 radical (unpaired) electrons. The van der Waals surface area contributed by atoms with E-state index in [1.54, 1.807) is 17.1 Å². The molecule has 0 fully saturated rings. The van der Waals surface area contributed by atoms with Crippen LogP contribution in [0.15, 0.2) is 55.0 Å². The van der Waals surface area contributed by atoms with Crippen molar-refractivity contribution in [2.45, 2.75) is 32.7 Å².